The molecule has 46 heavy (non-hydrogen) atoms. The van der Waals surface area contributed by atoms with Gasteiger partial charge < -0.3 is 7.43 Å². The van der Waals surface area contributed by atoms with E-state index in [1.807, 2.05) is 24.3 Å². The molecule has 7 rings (SSSR count). The van der Waals surface area contributed by atoms with Crippen LogP contribution in [0.1, 0.15) is 108 Å². The third-order valence-electron chi connectivity index (χ3n) is 8.88. The van der Waals surface area contributed by atoms with Gasteiger partial charge in [0.15, 0.2) is 0 Å². The number of allylic oxidation sites excluding steroid dienone is 8. The van der Waals surface area contributed by atoms with Crippen molar-refractivity contribution in [3.63, 3.8) is 0 Å². The summed E-state index contributed by atoms with van der Waals surface area (Å²) in [6.07, 6.45) is 15.6. The fraction of sp³-hybridized carbons (Fsp3) is 0.349. The Bertz CT molecular complexity index is 1560. The van der Waals surface area contributed by atoms with E-state index in [0.717, 1.165) is 12.8 Å². The summed E-state index contributed by atoms with van der Waals surface area (Å²) in [5, 5.41) is 0. The second-order valence-electron chi connectivity index (χ2n) is 14.3. The number of aryl methyl sites for hydroxylation is 1. The van der Waals surface area contributed by atoms with Crippen LogP contribution in [0.2, 0.25) is 0 Å². The largest absolute Gasteiger partial charge is 0.358 e. The molecule has 0 aromatic heterocycles. The first kappa shape index (κ1) is 42.0. The fourth-order valence-electron chi connectivity index (χ4n) is 6.66. The number of fused-ring (bicyclic) bond motifs is 5. The monoisotopic (exact) mass is 728 g/mol. The van der Waals surface area contributed by atoms with E-state index in [0.29, 0.717) is 5.41 Å². The van der Waals surface area contributed by atoms with E-state index in [2.05, 4.69) is 134 Å². The van der Waals surface area contributed by atoms with Gasteiger partial charge in [0.25, 0.3) is 0 Å². The molecule has 0 saturated heterocycles. The van der Waals surface area contributed by atoms with Crippen molar-refractivity contribution in [1.82, 2.24) is 0 Å². The Labute approximate surface area is 308 Å². The van der Waals surface area contributed by atoms with Crippen molar-refractivity contribution in [2.75, 3.05) is 0 Å². The van der Waals surface area contributed by atoms with Crippen LogP contribution >= 0.6 is 24.8 Å². The van der Waals surface area contributed by atoms with Gasteiger partial charge in [-0.25, -0.2) is 11.6 Å². The molecule has 0 radical (unpaired) electrons. The maximum absolute atomic E-state index is 3.65. The van der Waals surface area contributed by atoms with Crippen molar-refractivity contribution in [2.45, 2.75) is 92.9 Å². The van der Waals surface area contributed by atoms with E-state index in [4.69, 9.17) is 0 Å². The first-order chi connectivity index (χ1) is 20.2. The smallest absolute Gasteiger partial charge is 0.358 e. The molecular weight excluding hydrogens is 679 g/mol. The van der Waals surface area contributed by atoms with Crippen LogP contribution in [-0.4, -0.2) is 4.21 Å². The van der Waals surface area contributed by atoms with Gasteiger partial charge in [0.05, 0.1) is 0 Å². The Hall–Kier alpha value is -2.05. The van der Waals surface area contributed by atoms with Gasteiger partial charge in [0.1, 0.15) is 0 Å². The van der Waals surface area contributed by atoms with Crippen LogP contribution in [0.3, 0.4) is 0 Å². The standard InChI is InChI=1S/C25H25.C9H13.C7H7.CH3.CH2.2ClH.Zr/c1-14-12-24(3,4)22-8-16-7-17-9-23-19(15(2)13-25(23,5)6)11-21(17)20(16)10-18(14)22;1-9(2,3)8-6-4-5-7-8;1-7-5-3-2-4-6-7;;;;;/h8-12H,7H2,1-6H3;6-7H,4H2,1-3H3;3-6H,1H3;1H3;1H2;2*1H;/q4*-1;;;;. The minimum atomic E-state index is 0. The molecule has 0 fully saturated rings. The van der Waals surface area contributed by atoms with Gasteiger partial charge in [-0.2, -0.15) is 53.1 Å². The number of rotatable bonds is 0. The van der Waals surface area contributed by atoms with E-state index in [-0.39, 0.29) is 43.1 Å². The van der Waals surface area contributed by atoms with Gasteiger partial charge in [-0.15, -0.1) is 42.9 Å². The molecule has 0 spiro atoms. The fourth-order valence-corrected chi connectivity index (χ4v) is 6.66. The molecule has 0 heterocycles. The second kappa shape index (κ2) is 16.4. The molecule has 0 nitrogen and oxygen atoms in total. The molecule has 0 bridgehead atoms. The number of halogens is 2. The van der Waals surface area contributed by atoms with Gasteiger partial charge in [0.2, 0.25) is 0 Å². The van der Waals surface area contributed by atoms with Gasteiger partial charge in [-0.1, -0.05) is 91.4 Å². The molecule has 0 atom stereocenters. The summed E-state index contributed by atoms with van der Waals surface area (Å²) in [5.41, 5.74) is 17.6. The molecule has 3 aromatic carbocycles. The van der Waals surface area contributed by atoms with Gasteiger partial charge >= 0.3 is 28.4 Å². The average Bonchev–Trinajstić information content (AvgIpc) is 3.70. The summed E-state index contributed by atoms with van der Waals surface area (Å²) < 4.78 is 3.34. The van der Waals surface area contributed by atoms with Crippen LogP contribution in [0.4, 0.5) is 0 Å². The van der Waals surface area contributed by atoms with Crippen molar-refractivity contribution in [3.8, 4) is 11.1 Å². The van der Waals surface area contributed by atoms with Crippen molar-refractivity contribution in [2.24, 2.45) is 5.41 Å². The third-order valence-corrected chi connectivity index (χ3v) is 8.88. The maximum atomic E-state index is 3.65. The van der Waals surface area contributed by atoms with Crippen LogP contribution in [0.15, 0.2) is 72.3 Å². The molecular formula is C43H52Cl2Zr-4. The third kappa shape index (κ3) is 8.89. The molecule has 4 aliphatic carbocycles. The van der Waals surface area contributed by atoms with Crippen molar-refractivity contribution >= 4 is 40.2 Å². The number of hydrogen-bond donors (Lipinski definition) is 0. The van der Waals surface area contributed by atoms with E-state index in [1.54, 1.807) is 0 Å². The molecule has 4 aliphatic rings. The Kier molecular flexibility index (Phi) is 14.9. The van der Waals surface area contributed by atoms with E-state index < -0.39 is 0 Å². The summed E-state index contributed by atoms with van der Waals surface area (Å²) >= 11 is 1.30. The Morgan fingerprint density at radius 1 is 0.783 bits per heavy atom. The predicted octanol–water partition coefficient (Wildman–Crippen LogP) is 12.2. The Balaban J connectivity index is 0.000000420. The summed E-state index contributed by atoms with van der Waals surface area (Å²) in [7, 11) is 0. The molecule has 0 amide bonds. The van der Waals surface area contributed by atoms with Gasteiger partial charge in [-0.3, -0.25) is 12.2 Å². The van der Waals surface area contributed by atoms with Crippen LogP contribution in [0, 0.1) is 38.0 Å². The molecule has 3 aromatic rings. The van der Waals surface area contributed by atoms with E-state index >= 15 is 0 Å². The summed E-state index contributed by atoms with van der Waals surface area (Å²) in [6, 6.07) is 20.6. The normalized spacial score (nSPS) is 16.2. The summed E-state index contributed by atoms with van der Waals surface area (Å²) in [6.45, 7) is 22.4. The second-order valence-corrected chi connectivity index (χ2v) is 14.3. The molecule has 246 valence electrons. The Morgan fingerprint density at radius 3 is 1.78 bits per heavy atom. The van der Waals surface area contributed by atoms with Gasteiger partial charge in [-0.05, 0) is 58.4 Å². The summed E-state index contributed by atoms with van der Waals surface area (Å²) in [4.78, 5) is 0. The minimum Gasteiger partial charge on any atom is -0.358 e. The number of benzene rings is 3. The van der Waals surface area contributed by atoms with Crippen molar-refractivity contribution in [1.29, 1.82) is 0 Å². The van der Waals surface area contributed by atoms with Crippen molar-refractivity contribution < 1.29 is 24.2 Å². The Morgan fingerprint density at radius 2 is 1.33 bits per heavy atom. The molecule has 0 saturated carbocycles. The summed E-state index contributed by atoms with van der Waals surface area (Å²) in [5.74, 6) is 0. The van der Waals surface area contributed by atoms with E-state index in [9.17, 15) is 0 Å². The van der Waals surface area contributed by atoms with Gasteiger partial charge in [0, 0.05) is 5.41 Å². The molecule has 3 heteroatoms. The van der Waals surface area contributed by atoms with Crippen LogP contribution < -0.4 is 0 Å². The maximum Gasteiger partial charge on any atom is -0.358 e. The number of hydrogen-bond acceptors (Lipinski definition) is 0. The van der Waals surface area contributed by atoms with Crippen molar-refractivity contribution in [3.05, 3.63) is 137 Å². The first-order valence-electron chi connectivity index (χ1n) is 15.4. The molecule has 0 unspecified atom stereocenters. The average molecular weight is 731 g/mol. The first-order valence-corrected chi connectivity index (χ1v) is 17.1. The minimum absolute atomic E-state index is 0. The topological polar surface area (TPSA) is 0 Å². The molecule has 0 N–H and O–H groups in total. The zero-order valence-corrected chi connectivity index (χ0v) is 33.9. The SMILES string of the molecule is CC(C)(C)C1=CC[C-]=C1.CC1=[C-]C(C)(C)c2cc3c(cc21)-c1cc2c(cc1C3)C(C)(C)C=C2C.Cc1cc[c-]cc1.Cl.Cl.[CH2]=[Zr].[CH3-]. The van der Waals surface area contributed by atoms with E-state index in [1.165, 1.54) is 91.0 Å². The zero-order valence-electron chi connectivity index (χ0n) is 29.8. The van der Waals surface area contributed by atoms with Crippen LogP contribution in [0.5, 0.6) is 0 Å². The van der Waals surface area contributed by atoms with Crippen LogP contribution in [0.25, 0.3) is 22.3 Å². The predicted molar refractivity (Wildman–Crippen MR) is 205 cm³/mol. The molecule has 0 aliphatic heterocycles. The quantitative estimate of drug-likeness (QED) is 0.158. The zero-order chi connectivity index (χ0) is 31.7. The van der Waals surface area contributed by atoms with Crippen LogP contribution in [-0.2, 0) is 41.5 Å².